The molecule has 1 aliphatic rings. The third-order valence-corrected chi connectivity index (χ3v) is 3.22. The van der Waals surface area contributed by atoms with E-state index in [1.807, 2.05) is 6.07 Å². The van der Waals surface area contributed by atoms with E-state index in [0.717, 1.165) is 22.9 Å². The molecule has 0 bridgehead atoms. The van der Waals surface area contributed by atoms with Gasteiger partial charge < -0.3 is 0 Å². The number of aldehydes is 1. The van der Waals surface area contributed by atoms with Crippen molar-refractivity contribution in [3.8, 4) is 0 Å². The first-order valence-corrected chi connectivity index (χ1v) is 5.15. The first-order valence-electron chi connectivity index (χ1n) is 4.35. The van der Waals surface area contributed by atoms with E-state index in [-0.39, 0.29) is 5.82 Å². The van der Waals surface area contributed by atoms with Gasteiger partial charge in [-0.2, -0.15) is 0 Å². The summed E-state index contributed by atoms with van der Waals surface area (Å²) < 4.78 is 14.3. The number of hydrogen-bond acceptors (Lipinski definition) is 1. The van der Waals surface area contributed by atoms with Crippen LogP contribution in [0.4, 0.5) is 4.39 Å². The normalized spacial score (nSPS) is 15.3. The van der Waals surface area contributed by atoms with Gasteiger partial charge in [0.1, 0.15) is 5.82 Å². The van der Waals surface area contributed by atoms with Crippen molar-refractivity contribution in [2.45, 2.75) is 12.8 Å². The summed E-state index contributed by atoms with van der Waals surface area (Å²) >= 11 is 3.30. The fourth-order valence-electron chi connectivity index (χ4n) is 1.72. The van der Waals surface area contributed by atoms with E-state index in [4.69, 9.17) is 0 Å². The Morgan fingerprint density at radius 3 is 2.86 bits per heavy atom. The zero-order chi connectivity index (χ0) is 10.1. The van der Waals surface area contributed by atoms with E-state index in [9.17, 15) is 9.18 Å². The highest BCUT2D eigenvalue weighted by Gasteiger charge is 2.20. The lowest BCUT2D eigenvalue weighted by Gasteiger charge is -2.17. The molecule has 1 aromatic carbocycles. The fourth-order valence-corrected chi connectivity index (χ4v) is 2.21. The first-order chi connectivity index (χ1) is 6.74. The molecule has 3 heteroatoms. The van der Waals surface area contributed by atoms with Crippen molar-refractivity contribution >= 4 is 27.8 Å². The highest BCUT2D eigenvalue weighted by Crippen LogP contribution is 2.34. The number of halogens is 2. The van der Waals surface area contributed by atoms with Crippen LogP contribution in [0.5, 0.6) is 0 Å². The minimum atomic E-state index is -0.318. The Balaban J connectivity index is 2.69. The fraction of sp³-hybridized carbons (Fsp3) is 0.182. The average Bonchev–Trinajstić information content (AvgIpc) is 2.19. The number of hydrogen-bond donors (Lipinski definition) is 0. The number of benzene rings is 1. The molecule has 0 aliphatic heterocycles. The van der Waals surface area contributed by atoms with E-state index < -0.39 is 0 Å². The summed E-state index contributed by atoms with van der Waals surface area (Å²) in [5.74, 6) is -0.318. The predicted octanol–water partition coefficient (Wildman–Crippen LogP) is 3.08. The minimum absolute atomic E-state index is 0.318. The Morgan fingerprint density at radius 1 is 1.36 bits per heavy atom. The third-order valence-electron chi connectivity index (χ3n) is 2.39. The average molecular weight is 255 g/mol. The van der Waals surface area contributed by atoms with Crippen LogP contribution in [0.2, 0.25) is 0 Å². The number of allylic oxidation sites excluding steroid dienone is 2. The predicted molar refractivity (Wildman–Crippen MR) is 56.6 cm³/mol. The molecular formula is C11H8BrFO. The Bertz CT molecular complexity index is 423. The zero-order valence-corrected chi connectivity index (χ0v) is 8.97. The molecule has 72 valence electrons. The van der Waals surface area contributed by atoms with Gasteiger partial charge in [-0.05, 0) is 24.5 Å². The maximum absolute atomic E-state index is 13.5. The largest absolute Gasteiger partial charge is 0.298 e. The molecule has 0 saturated heterocycles. The molecule has 1 aromatic rings. The molecule has 0 spiro atoms. The third kappa shape index (κ3) is 1.42. The Labute approximate surface area is 89.8 Å². The standard InChI is InChI=1S/C11H8BrFO/c12-9-5-4-7-2-1-3-10(13)11(7)8(9)6-14/h1-3,6H,4-5H2. The Morgan fingerprint density at radius 2 is 2.14 bits per heavy atom. The maximum atomic E-state index is 13.5. The van der Waals surface area contributed by atoms with Crippen molar-refractivity contribution in [3.63, 3.8) is 0 Å². The lowest BCUT2D eigenvalue weighted by molar-refractivity contribution is -0.103. The molecule has 0 radical (unpaired) electrons. The lowest BCUT2D eigenvalue weighted by atomic mass is 9.91. The molecule has 0 fully saturated rings. The van der Waals surface area contributed by atoms with Crippen LogP contribution >= 0.6 is 15.9 Å². The quantitative estimate of drug-likeness (QED) is 0.705. The van der Waals surface area contributed by atoms with Crippen molar-refractivity contribution in [1.29, 1.82) is 0 Å². The molecule has 2 rings (SSSR count). The summed E-state index contributed by atoms with van der Waals surface area (Å²) in [5.41, 5.74) is 1.82. The topological polar surface area (TPSA) is 17.1 Å². The van der Waals surface area contributed by atoms with Gasteiger partial charge in [0.15, 0.2) is 6.29 Å². The number of fused-ring (bicyclic) bond motifs is 1. The van der Waals surface area contributed by atoms with Gasteiger partial charge in [-0.1, -0.05) is 28.1 Å². The van der Waals surface area contributed by atoms with Crippen LogP contribution in [0.15, 0.2) is 22.7 Å². The molecule has 0 unspecified atom stereocenters. The van der Waals surface area contributed by atoms with Gasteiger partial charge in [0.05, 0.1) is 0 Å². The van der Waals surface area contributed by atoms with Gasteiger partial charge in [-0.3, -0.25) is 4.79 Å². The SMILES string of the molecule is O=CC1=C(Br)CCc2cccc(F)c21. The van der Waals surface area contributed by atoms with Gasteiger partial charge in [0.2, 0.25) is 0 Å². The molecule has 0 aromatic heterocycles. The second-order valence-electron chi connectivity index (χ2n) is 3.21. The van der Waals surface area contributed by atoms with E-state index in [1.54, 1.807) is 6.07 Å². The van der Waals surface area contributed by atoms with Crippen LogP contribution in [0.25, 0.3) is 5.57 Å². The van der Waals surface area contributed by atoms with E-state index in [0.29, 0.717) is 17.4 Å². The molecule has 1 aliphatic carbocycles. The van der Waals surface area contributed by atoms with Crippen molar-refractivity contribution in [2.75, 3.05) is 0 Å². The van der Waals surface area contributed by atoms with Crippen molar-refractivity contribution in [2.24, 2.45) is 0 Å². The van der Waals surface area contributed by atoms with Crippen LogP contribution in [0.3, 0.4) is 0 Å². The molecule has 0 saturated carbocycles. The summed E-state index contributed by atoms with van der Waals surface area (Å²) in [6, 6.07) is 4.92. The summed E-state index contributed by atoms with van der Waals surface area (Å²) in [6.07, 6.45) is 2.26. The van der Waals surface area contributed by atoms with Crippen LogP contribution < -0.4 is 0 Å². The second-order valence-corrected chi connectivity index (χ2v) is 4.17. The maximum Gasteiger partial charge on any atom is 0.151 e. The lowest BCUT2D eigenvalue weighted by Crippen LogP contribution is -2.05. The number of aryl methyl sites for hydroxylation is 1. The molecule has 0 atom stereocenters. The van der Waals surface area contributed by atoms with Crippen molar-refractivity contribution in [1.82, 2.24) is 0 Å². The number of carbonyl (C=O) groups is 1. The van der Waals surface area contributed by atoms with Gasteiger partial charge in [0.25, 0.3) is 0 Å². The Kier molecular flexibility index (Phi) is 2.50. The molecule has 0 heterocycles. The highest BCUT2D eigenvalue weighted by molar-refractivity contribution is 9.11. The first kappa shape index (κ1) is 9.59. The van der Waals surface area contributed by atoms with E-state index in [2.05, 4.69) is 15.9 Å². The smallest absolute Gasteiger partial charge is 0.151 e. The van der Waals surface area contributed by atoms with Crippen molar-refractivity contribution < 1.29 is 9.18 Å². The molecule has 0 amide bonds. The molecule has 1 nitrogen and oxygen atoms in total. The molecule has 0 N–H and O–H groups in total. The summed E-state index contributed by atoms with van der Waals surface area (Å²) in [4.78, 5) is 10.8. The van der Waals surface area contributed by atoms with Crippen LogP contribution in [0, 0.1) is 5.82 Å². The summed E-state index contributed by atoms with van der Waals surface area (Å²) in [5, 5.41) is 0. The summed E-state index contributed by atoms with van der Waals surface area (Å²) in [6.45, 7) is 0. The van der Waals surface area contributed by atoms with Gasteiger partial charge in [-0.25, -0.2) is 4.39 Å². The second kappa shape index (κ2) is 3.65. The monoisotopic (exact) mass is 254 g/mol. The Hall–Kier alpha value is -0.960. The van der Waals surface area contributed by atoms with Gasteiger partial charge in [0, 0.05) is 15.6 Å². The van der Waals surface area contributed by atoms with Crippen LogP contribution in [0.1, 0.15) is 17.5 Å². The van der Waals surface area contributed by atoms with Gasteiger partial charge in [-0.15, -0.1) is 0 Å². The van der Waals surface area contributed by atoms with Crippen LogP contribution in [-0.4, -0.2) is 6.29 Å². The van der Waals surface area contributed by atoms with Crippen LogP contribution in [-0.2, 0) is 11.2 Å². The zero-order valence-electron chi connectivity index (χ0n) is 7.39. The highest BCUT2D eigenvalue weighted by atomic mass is 79.9. The number of rotatable bonds is 1. The van der Waals surface area contributed by atoms with Gasteiger partial charge >= 0.3 is 0 Å². The van der Waals surface area contributed by atoms with E-state index >= 15 is 0 Å². The minimum Gasteiger partial charge on any atom is -0.298 e. The molecular weight excluding hydrogens is 247 g/mol. The summed E-state index contributed by atoms with van der Waals surface area (Å²) in [7, 11) is 0. The molecule has 14 heavy (non-hydrogen) atoms. The van der Waals surface area contributed by atoms with E-state index in [1.165, 1.54) is 6.07 Å². The number of carbonyl (C=O) groups excluding carboxylic acids is 1. The van der Waals surface area contributed by atoms with Crippen molar-refractivity contribution in [3.05, 3.63) is 39.6 Å².